The highest BCUT2D eigenvalue weighted by molar-refractivity contribution is 7.92. The second kappa shape index (κ2) is 8.28. The Labute approximate surface area is 168 Å². The zero-order valence-electron chi connectivity index (χ0n) is 15.0. The van der Waals surface area contributed by atoms with Crippen LogP contribution in [0, 0.1) is 10.1 Å². The summed E-state index contributed by atoms with van der Waals surface area (Å²) in [5, 5.41) is 10.5. The van der Waals surface area contributed by atoms with E-state index in [1.807, 2.05) is 0 Å². The van der Waals surface area contributed by atoms with Crippen LogP contribution < -0.4 is 0 Å². The van der Waals surface area contributed by atoms with E-state index in [0.717, 1.165) is 5.56 Å². The number of hydrogen-bond donors (Lipinski definition) is 0. The number of carbonyl (C=O) groups is 1. The van der Waals surface area contributed by atoms with E-state index in [2.05, 4.69) is 0 Å². The second-order valence-electron chi connectivity index (χ2n) is 6.67. The molecule has 148 valence electrons. The maximum absolute atomic E-state index is 12.7. The average Bonchev–Trinajstić information content (AvgIpc) is 3.18. The highest BCUT2D eigenvalue weighted by atomic mass is 35.5. The number of nitrogens with zero attached hydrogens (tertiary/aromatic N) is 2. The Bertz CT molecular complexity index is 974. The molecule has 3 rings (SSSR count). The molecule has 2 aromatic rings. The van der Waals surface area contributed by atoms with E-state index in [0.29, 0.717) is 24.4 Å². The SMILES string of the molecule is O=C(CCc1ccc([N+](=O)[O-])cc1)N1CCC(S(=O)(=O)c2ccc(Cl)cc2)C1. The van der Waals surface area contributed by atoms with Crippen molar-refractivity contribution in [2.24, 2.45) is 0 Å². The number of hydrogen-bond acceptors (Lipinski definition) is 5. The fraction of sp³-hybridized carbons (Fsp3) is 0.316. The minimum absolute atomic E-state index is 0.00451. The van der Waals surface area contributed by atoms with Crippen molar-refractivity contribution in [1.82, 2.24) is 4.90 Å². The van der Waals surface area contributed by atoms with Gasteiger partial charge in [0.15, 0.2) is 9.84 Å². The number of nitro benzene ring substituents is 1. The van der Waals surface area contributed by atoms with Crippen LogP contribution in [0.25, 0.3) is 0 Å². The highest BCUT2D eigenvalue weighted by Gasteiger charge is 2.35. The molecule has 0 bridgehead atoms. The van der Waals surface area contributed by atoms with Gasteiger partial charge < -0.3 is 4.90 Å². The summed E-state index contributed by atoms with van der Waals surface area (Å²) >= 11 is 5.81. The van der Waals surface area contributed by atoms with Gasteiger partial charge in [0.05, 0.1) is 15.1 Å². The van der Waals surface area contributed by atoms with Gasteiger partial charge in [0.25, 0.3) is 5.69 Å². The number of benzene rings is 2. The second-order valence-corrected chi connectivity index (χ2v) is 9.34. The van der Waals surface area contributed by atoms with Gasteiger partial charge in [-0.25, -0.2) is 8.42 Å². The molecular formula is C19H19ClN2O5S. The van der Waals surface area contributed by atoms with Crippen LogP contribution in [0.3, 0.4) is 0 Å². The third-order valence-corrected chi connectivity index (χ3v) is 7.30. The maximum atomic E-state index is 12.7. The summed E-state index contributed by atoms with van der Waals surface area (Å²) in [5.41, 5.74) is 0.827. The van der Waals surface area contributed by atoms with Gasteiger partial charge in [-0.05, 0) is 42.7 Å². The molecule has 0 aromatic heterocycles. The highest BCUT2D eigenvalue weighted by Crippen LogP contribution is 2.25. The number of rotatable bonds is 6. The standard InChI is InChI=1S/C19H19ClN2O5S/c20-15-4-8-17(9-5-15)28(26,27)18-11-12-21(13-18)19(23)10-3-14-1-6-16(7-2-14)22(24)25/h1-2,4-9,18H,3,10-13H2. The third kappa shape index (κ3) is 4.51. The van der Waals surface area contributed by atoms with E-state index in [1.165, 1.54) is 36.4 Å². The lowest BCUT2D eigenvalue weighted by molar-refractivity contribution is -0.384. The normalized spacial score (nSPS) is 16.9. The molecule has 0 saturated carbocycles. The maximum Gasteiger partial charge on any atom is 0.269 e. The number of nitro groups is 1. The molecule has 1 heterocycles. The van der Waals surface area contributed by atoms with Crippen LogP contribution in [0.5, 0.6) is 0 Å². The number of halogens is 1. The molecule has 28 heavy (non-hydrogen) atoms. The predicted octanol–water partition coefficient (Wildman–Crippen LogP) is 3.26. The third-order valence-electron chi connectivity index (χ3n) is 4.85. The van der Waals surface area contributed by atoms with Gasteiger partial charge >= 0.3 is 0 Å². The van der Waals surface area contributed by atoms with E-state index in [1.54, 1.807) is 17.0 Å². The summed E-state index contributed by atoms with van der Waals surface area (Å²) in [6, 6.07) is 12.1. The van der Waals surface area contributed by atoms with Crippen molar-refractivity contribution in [2.75, 3.05) is 13.1 Å². The van der Waals surface area contributed by atoms with Crippen molar-refractivity contribution in [3.63, 3.8) is 0 Å². The molecule has 1 atom stereocenters. The Morgan fingerprint density at radius 1 is 1.14 bits per heavy atom. The summed E-state index contributed by atoms with van der Waals surface area (Å²) in [7, 11) is -3.52. The van der Waals surface area contributed by atoms with Crippen LogP contribution in [0.1, 0.15) is 18.4 Å². The first-order valence-electron chi connectivity index (χ1n) is 8.78. The first kappa shape index (κ1) is 20.3. The molecular weight excluding hydrogens is 404 g/mol. The first-order chi connectivity index (χ1) is 13.3. The zero-order valence-corrected chi connectivity index (χ0v) is 16.5. The quantitative estimate of drug-likeness (QED) is 0.525. The van der Waals surface area contributed by atoms with Gasteiger partial charge in [-0.1, -0.05) is 23.7 Å². The average molecular weight is 423 g/mol. The van der Waals surface area contributed by atoms with E-state index < -0.39 is 20.0 Å². The molecule has 9 heteroatoms. The monoisotopic (exact) mass is 422 g/mol. The summed E-state index contributed by atoms with van der Waals surface area (Å²) < 4.78 is 25.5. The van der Waals surface area contributed by atoms with Crippen LogP contribution in [0.2, 0.25) is 5.02 Å². The van der Waals surface area contributed by atoms with Gasteiger partial charge in [0, 0.05) is 36.7 Å². The fourth-order valence-electron chi connectivity index (χ4n) is 3.22. The molecule has 0 radical (unpaired) electrons. The van der Waals surface area contributed by atoms with Crippen molar-refractivity contribution < 1.29 is 18.1 Å². The number of carbonyl (C=O) groups excluding carboxylic acids is 1. The van der Waals surface area contributed by atoms with Crippen molar-refractivity contribution in [3.05, 3.63) is 69.2 Å². The van der Waals surface area contributed by atoms with Crippen LogP contribution in [-0.2, 0) is 21.1 Å². The lowest BCUT2D eigenvalue weighted by Gasteiger charge is -2.17. The molecule has 1 fully saturated rings. The van der Waals surface area contributed by atoms with Gasteiger partial charge in [0.1, 0.15) is 0 Å². The van der Waals surface area contributed by atoms with Crippen LogP contribution in [-0.4, -0.2) is 42.5 Å². The fourth-order valence-corrected chi connectivity index (χ4v) is 5.04. The van der Waals surface area contributed by atoms with E-state index in [4.69, 9.17) is 11.6 Å². The van der Waals surface area contributed by atoms with Crippen molar-refractivity contribution in [3.8, 4) is 0 Å². The first-order valence-corrected chi connectivity index (χ1v) is 10.7. The smallest absolute Gasteiger partial charge is 0.269 e. The Morgan fingerprint density at radius 3 is 2.39 bits per heavy atom. The number of likely N-dealkylation sites (tertiary alicyclic amines) is 1. The largest absolute Gasteiger partial charge is 0.341 e. The predicted molar refractivity (Wildman–Crippen MR) is 105 cm³/mol. The molecule has 1 saturated heterocycles. The summed E-state index contributed by atoms with van der Waals surface area (Å²) in [5.74, 6) is -0.118. The molecule has 1 amide bonds. The van der Waals surface area contributed by atoms with Gasteiger partial charge in [-0.3, -0.25) is 14.9 Å². The van der Waals surface area contributed by atoms with Crippen molar-refractivity contribution in [2.45, 2.75) is 29.4 Å². The van der Waals surface area contributed by atoms with Crippen molar-refractivity contribution in [1.29, 1.82) is 0 Å². The van der Waals surface area contributed by atoms with E-state index in [-0.39, 0.29) is 29.5 Å². The Kier molecular flexibility index (Phi) is 6.00. The molecule has 0 N–H and O–H groups in total. The number of amides is 1. The van der Waals surface area contributed by atoms with E-state index in [9.17, 15) is 23.3 Å². The summed E-state index contributed by atoms with van der Waals surface area (Å²) in [4.78, 5) is 24.4. The van der Waals surface area contributed by atoms with Gasteiger partial charge in [0.2, 0.25) is 5.91 Å². The van der Waals surface area contributed by atoms with E-state index >= 15 is 0 Å². The molecule has 0 spiro atoms. The number of sulfone groups is 1. The molecule has 1 aliphatic rings. The van der Waals surface area contributed by atoms with Gasteiger partial charge in [-0.15, -0.1) is 0 Å². The Hall–Kier alpha value is -2.45. The molecule has 7 nitrogen and oxygen atoms in total. The lowest BCUT2D eigenvalue weighted by Crippen LogP contribution is -2.32. The Balaban J connectivity index is 1.57. The van der Waals surface area contributed by atoms with Crippen LogP contribution in [0.4, 0.5) is 5.69 Å². The van der Waals surface area contributed by atoms with Crippen molar-refractivity contribution >= 4 is 33.0 Å². The summed E-state index contributed by atoms with van der Waals surface area (Å²) in [6.07, 6.45) is 1.07. The van der Waals surface area contributed by atoms with Crippen LogP contribution in [0.15, 0.2) is 53.4 Å². The topological polar surface area (TPSA) is 97.6 Å². The summed E-state index contributed by atoms with van der Waals surface area (Å²) in [6.45, 7) is 0.570. The number of non-ortho nitro benzene ring substituents is 1. The van der Waals surface area contributed by atoms with Gasteiger partial charge in [-0.2, -0.15) is 0 Å². The lowest BCUT2D eigenvalue weighted by atomic mass is 10.1. The minimum atomic E-state index is -3.52. The minimum Gasteiger partial charge on any atom is -0.341 e. The Morgan fingerprint density at radius 2 is 1.79 bits per heavy atom. The molecule has 0 aliphatic carbocycles. The zero-order chi connectivity index (χ0) is 20.3. The molecule has 2 aromatic carbocycles. The van der Waals surface area contributed by atoms with Crippen LogP contribution >= 0.6 is 11.6 Å². The number of aryl methyl sites for hydroxylation is 1. The molecule has 1 unspecified atom stereocenters. The molecule has 1 aliphatic heterocycles.